The highest BCUT2D eigenvalue weighted by Gasteiger charge is 2.26. The van der Waals surface area contributed by atoms with Gasteiger partial charge in [-0.05, 0) is 12.8 Å². The Morgan fingerprint density at radius 2 is 0.531 bits per heavy atom. The molecule has 0 saturated carbocycles. The number of rotatable bonds is 56. The average molecular weight is 907 g/mol. The van der Waals surface area contributed by atoms with E-state index >= 15 is 0 Å². The summed E-state index contributed by atoms with van der Waals surface area (Å²) >= 11 is 0. The zero-order valence-electron chi connectivity index (χ0n) is 44.0. The first-order valence-electron chi connectivity index (χ1n) is 29.8. The quantitative estimate of drug-likeness (QED) is 0.0458. The topological polar surface area (TPSA) is 89.8 Å². The summed E-state index contributed by atoms with van der Waals surface area (Å²) in [4.78, 5) is 12.5. The summed E-state index contributed by atoms with van der Waals surface area (Å²) in [6.07, 6.45) is 67.1. The fourth-order valence-corrected chi connectivity index (χ4v) is 9.87. The summed E-state index contributed by atoms with van der Waals surface area (Å²) in [5, 5.41) is 33.7. The van der Waals surface area contributed by atoms with E-state index in [0.29, 0.717) is 12.8 Å². The van der Waals surface area contributed by atoms with Gasteiger partial charge >= 0.3 is 0 Å². The van der Waals surface area contributed by atoms with Crippen LogP contribution < -0.4 is 5.32 Å². The van der Waals surface area contributed by atoms with Crippen molar-refractivity contribution in [3.8, 4) is 0 Å². The van der Waals surface area contributed by atoms with E-state index in [1.54, 1.807) is 0 Å². The lowest BCUT2D eigenvalue weighted by Crippen LogP contribution is -2.50. The Bertz CT molecular complexity index is 868. The van der Waals surface area contributed by atoms with Crippen molar-refractivity contribution in [2.45, 2.75) is 366 Å². The highest BCUT2D eigenvalue weighted by atomic mass is 16.3. The fourth-order valence-electron chi connectivity index (χ4n) is 9.87. The summed E-state index contributed by atoms with van der Waals surface area (Å²) in [5.74, 6) is -0.136. The average Bonchev–Trinajstić information content (AvgIpc) is 3.30. The van der Waals surface area contributed by atoms with Crippen molar-refractivity contribution < 1.29 is 20.1 Å². The third-order valence-corrected chi connectivity index (χ3v) is 14.5. The van der Waals surface area contributed by atoms with Gasteiger partial charge in [-0.2, -0.15) is 0 Å². The van der Waals surface area contributed by atoms with Gasteiger partial charge in [0.1, 0.15) is 6.10 Å². The Morgan fingerprint density at radius 1 is 0.328 bits per heavy atom. The second-order valence-electron chi connectivity index (χ2n) is 20.9. The zero-order chi connectivity index (χ0) is 46.5. The molecule has 0 aliphatic carbocycles. The van der Waals surface area contributed by atoms with Crippen LogP contribution in [0.15, 0.2) is 0 Å². The first kappa shape index (κ1) is 63.4. The first-order valence-corrected chi connectivity index (χ1v) is 29.8. The molecule has 0 bridgehead atoms. The Morgan fingerprint density at radius 3 is 0.750 bits per heavy atom. The molecule has 5 heteroatoms. The Balaban J connectivity index is 3.41. The van der Waals surface area contributed by atoms with Crippen molar-refractivity contribution in [2.75, 3.05) is 6.61 Å². The van der Waals surface area contributed by atoms with Crippen LogP contribution in [0, 0.1) is 0 Å². The van der Waals surface area contributed by atoms with Crippen LogP contribution in [0.4, 0.5) is 0 Å². The summed E-state index contributed by atoms with van der Waals surface area (Å²) in [6.45, 7) is 4.22. The lowest BCUT2D eigenvalue weighted by atomic mass is 9.99. The molecular weight excluding hydrogens is 787 g/mol. The number of carbonyl (C=O) groups is 1. The normalized spacial score (nSPS) is 13.1. The third kappa shape index (κ3) is 49.3. The summed E-state index contributed by atoms with van der Waals surface area (Å²) in [7, 11) is 0. The molecule has 3 atom stereocenters. The minimum atomic E-state index is -1.13. The van der Waals surface area contributed by atoms with Gasteiger partial charge in [0.2, 0.25) is 5.91 Å². The molecule has 4 N–H and O–H groups in total. The predicted octanol–water partition coefficient (Wildman–Crippen LogP) is 18.5. The number of nitrogens with one attached hydrogen (secondary N) is 1. The minimum absolute atomic E-state index is 0.136. The SMILES string of the molecule is CCCCCCCCCCCCCCCCCCCCCCCCCCCCCCCCCCCCCC(=O)N[C@@H](CO)[C@H](O)[C@H](O)CCCCCCCCCCCCCCCCC. The van der Waals surface area contributed by atoms with Crippen molar-refractivity contribution in [2.24, 2.45) is 0 Å². The number of unbranched alkanes of at least 4 members (excludes halogenated alkanes) is 48. The van der Waals surface area contributed by atoms with Gasteiger partial charge in [-0.25, -0.2) is 0 Å². The van der Waals surface area contributed by atoms with Gasteiger partial charge in [-0.15, -0.1) is 0 Å². The van der Waals surface area contributed by atoms with Crippen LogP contribution in [0.2, 0.25) is 0 Å². The van der Waals surface area contributed by atoms with E-state index < -0.39 is 18.2 Å². The second kappa shape index (κ2) is 55.0. The molecule has 0 aromatic carbocycles. The lowest BCUT2D eigenvalue weighted by Gasteiger charge is -2.26. The number of aliphatic hydroxyl groups is 3. The van der Waals surface area contributed by atoms with Crippen molar-refractivity contribution >= 4 is 5.91 Å². The third-order valence-electron chi connectivity index (χ3n) is 14.5. The van der Waals surface area contributed by atoms with E-state index in [1.165, 1.54) is 289 Å². The Hall–Kier alpha value is -0.650. The van der Waals surface area contributed by atoms with Crippen LogP contribution in [0.25, 0.3) is 0 Å². The van der Waals surface area contributed by atoms with Crippen molar-refractivity contribution in [3.05, 3.63) is 0 Å². The van der Waals surface area contributed by atoms with Crippen LogP contribution in [0.5, 0.6) is 0 Å². The fraction of sp³-hybridized carbons (Fsp3) is 0.983. The molecule has 0 unspecified atom stereocenters. The molecule has 0 heterocycles. The number of hydrogen-bond acceptors (Lipinski definition) is 4. The van der Waals surface area contributed by atoms with Crippen LogP contribution in [0.3, 0.4) is 0 Å². The van der Waals surface area contributed by atoms with E-state index in [0.717, 1.165) is 32.1 Å². The Labute approximate surface area is 402 Å². The number of aliphatic hydroxyl groups excluding tert-OH is 3. The molecule has 0 saturated heterocycles. The Kier molecular flexibility index (Phi) is 54.4. The highest BCUT2D eigenvalue weighted by molar-refractivity contribution is 5.76. The maximum absolute atomic E-state index is 12.5. The van der Waals surface area contributed by atoms with Gasteiger partial charge < -0.3 is 20.6 Å². The van der Waals surface area contributed by atoms with Crippen molar-refractivity contribution in [3.63, 3.8) is 0 Å². The highest BCUT2D eigenvalue weighted by Crippen LogP contribution is 2.19. The molecule has 0 radical (unpaired) electrons. The summed E-state index contributed by atoms with van der Waals surface area (Å²) in [5.41, 5.74) is 0. The summed E-state index contributed by atoms with van der Waals surface area (Å²) in [6, 6.07) is -0.804. The number of carbonyl (C=O) groups excluding carboxylic acids is 1. The molecule has 0 aromatic rings. The van der Waals surface area contributed by atoms with Gasteiger partial charge in [0.15, 0.2) is 0 Å². The van der Waals surface area contributed by atoms with Crippen LogP contribution >= 0.6 is 0 Å². The maximum atomic E-state index is 12.5. The molecule has 0 rings (SSSR count). The molecule has 5 nitrogen and oxygen atoms in total. The van der Waals surface area contributed by atoms with Gasteiger partial charge in [0, 0.05) is 6.42 Å². The molecule has 384 valence electrons. The van der Waals surface area contributed by atoms with Gasteiger partial charge in [0.25, 0.3) is 0 Å². The van der Waals surface area contributed by atoms with Crippen LogP contribution in [-0.2, 0) is 4.79 Å². The summed E-state index contributed by atoms with van der Waals surface area (Å²) < 4.78 is 0. The molecule has 1 amide bonds. The molecule has 0 spiro atoms. The standard InChI is InChI=1S/C59H119NO4/c1-3-5-7-9-11-13-15-17-19-20-21-22-23-24-25-26-27-28-29-30-31-32-33-34-35-36-37-38-40-42-44-46-48-50-52-54-58(63)60-56(55-61)59(64)57(62)53-51-49-47-45-43-41-39-18-16-14-12-10-8-6-4-2/h56-57,59,61-62,64H,3-55H2,1-2H3,(H,60,63)/t56-,57+,59-/m0/s1. The molecule has 0 aliphatic rings. The lowest BCUT2D eigenvalue weighted by molar-refractivity contribution is -0.124. The predicted molar refractivity (Wildman–Crippen MR) is 282 cm³/mol. The van der Waals surface area contributed by atoms with E-state index in [1.807, 2.05) is 0 Å². The molecule has 0 aliphatic heterocycles. The van der Waals surface area contributed by atoms with E-state index in [2.05, 4.69) is 19.2 Å². The molecule has 64 heavy (non-hydrogen) atoms. The molecular formula is C59H119NO4. The van der Waals surface area contributed by atoms with E-state index in [9.17, 15) is 20.1 Å². The number of amides is 1. The maximum Gasteiger partial charge on any atom is 0.220 e. The smallest absolute Gasteiger partial charge is 0.220 e. The largest absolute Gasteiger partial charge is 0.394 e. The van der Waals surface area contributed by atoms with E-state index in [-0.39, 0.29) is 12.5 Å². The van der Waals surface area contributed by atoms with Crippen molar-refractivity contribution in [1.29, 1.82) is 0 Å². The van der Waals surface area contributed by atoms with Gasteiger partial charge in [-0.3, -0.25) is 4.79 Å². The number of hydrogen-bond donors (Lipinski definition) is 4. The monoisotopic (exact) mass is 906 g/mol. The minimum Gasteiger partial charge on any atom is -0.394 e. The van der Waals surface area contributed by atoms with Crippen LogP contribution in [0.1, 0.15) is 348 Å². The zero-order valence-corrected chi connectivity index (χ0v) is 44.0. The van der Waals surface area contributed by atoms with E-state index in [4.69, 9.17) is 0 Å². The van der Waals surface area contributed by atoms with Crippen molar-refractivity contribution in [1.82, 2.24) is 5.32 Å². The van der Waals surface area contributed by atoms with Gasteiger partial charge in [-0.1, -0.05) is 328 Å². The first-order chi connectivity index (χ1) is 31.6. The second-order valence-corrected chi connectivity index (χ2v) is 20.9. The van der Waals surface area contributed by atoms with Gasteiger partial charge in [0.05, 0.1) is 18.8 Å². The molecule has 0 aromatic heterocycles. The molecule has 0 fully saturated rings. The van der Waals surface area contributed by atoms with Crippen LogP contribution in [-0.4, -0.2) is 46.1 Å².